The molecule has 2 aliphatic rings. The van der Waals surface area contributed by atoms with Gasteiger partial charge < -0.3 is 10.4 Å². The summed E-state index contributed by atoms with van der Waals surface area (Å²) in [5.74, 6) is 0.630. The number of halogens is 1. The van der Waals surface area contributed by atoms with Crippen molar-refractivity contribution in [2.45, 2.75) is 38.6 Å². The third-order valence-corrected chi connectivity index (χ3v) is 5.13. The molecular formula is C14H20BrN3O2. The first-order chi connectivity index (χ1) is 9.63. The Kier molecular flexibility index (Phi) is 3.86. The van der Waals surface area contributed by atoms with Gasteiger partial charge in [0.25, 0.3) is 5.56 Å². The molecule has 1 aromatic rings. The third kappa shape index (κ3) is 3.06. The van der Waals surface area contributed by atoms with Crippen LogP contribution in [0.25, 0.3) is 0 Å². The van der Waals surface area contributed by atoms with Crippen LogP contribution in [0, 0.1) is 11.3 Å². The molecule has 1 heterocycles. The van der Waals surface area contributed by atoms with Crippen molar-refractivity contribution in [3.05, 3.63) is 21.0 Å². The van der Waals surface area contributed by atoms with Crippen molar-refractivity contribution >= 4 is 21.6 Å². The van der Waals surface area contributed by atoms with Gasteiger partial charge >= 0.3 is 0 Å². The van der Waals surface area contributed by atoms with E-state index >= 15 is 0 Å². The van der Waals surface area contributed by atoms with Gasteiger partial charge in [-0.05, 0) is 59.4 Å². The molecule has 2 aliphatic carbocycles. The van der Waals surface area contributed by atoms with Gasteiger partial charge in [-0.1, -0.05) is 0 Å². The summed E-state index contributed by atoms with van der Waals surface area (Å²) in [6.07, 6.45) is 7.24. The highest BCUT2D eigenvalue weighted by atomic mass is 79.9. The maximum Gasteiger partial charge on any atom is 0.283 e. The minimum absolute atomic E-state index is 0.0612. The smallest absolute Gasteiger partial charge is 0.283 e. The Labute approximate surface area is 126 Å². The molecule has 0 amide bonds. The average molecular weight is 342 g/mol. The van der Waals surface area contributed by atoms with Gasteiger partial charge in [-0.3, -0.25) is 4.79 Å². The van der Waals surface area contributed by atoms with E-state index in [1.807, 2.05) is 0 Å². The van der Waals surface area contributed by atoms with Crippen LogP contribution in [0.15, 0.2) is 15.5 Å². The lowest BCUT2D eigenvalue weighted by Gasteiger charge is -2.16. The van der Waals surface area contributed by atoms with Crippen molar-refractivity contribution in [1.82, 2.24) is 9.78 Å². The van der Waals surface area contributed by atoms with Gasteiger partial charge in [-0.2, -0.15) is 5.10 Å². The number of hydrogen-bond donors (Lipinski definition) is 2. The van der Waals surface area contributed by atoms with Crippen molar-refractivity contribution in [1.29, 1.82) is 0 Å². The molecular weight excluding hydrogens is 322 g/mol. The van der Waals surface area contributed by atoms with Crippen LogP contribution < -0.4 is 10.9 Å². The van der Waals surface area contributed by atoms with Gasteiger partial charge in [-0.25, -0.2) is 4.68 Å². The van der Waals surface area contributed by atoms with Crippen molar-refractivity contribution < 1.29 is 5.11 Å². The predicted molar refractivity (Wildman–Crippen MR) is 80.8 cm³/mol. The van der Waals surface area contributed by atoms with Crippen LogP contribution in [0.4, 0.5) is 5.69 Å². The summed E-state index contributed by atoms with van der Waals surface area (Å²) in [6, 6.07) is 0. The van der Waals surface area contributed by atoms with Gasteiger partial charge in [0.05, 0.1) is 11.9 Å². The largest absolute Gasteiger partial charge is 0.396 e. The van der Waals surface area contributed by atoms with Crippen molar-refractivity contribution in [2.75, 3.05) is 18.5 Å². The fourth-order valence-electron chi connectivity index (χ4n) is 2.48. The molecule has 110 valence electrons. The molecule has 6 heteroatoms. The minimum atomic E-state index is -0.0612. The summed E-state index contributed by atoms with van der Waals surface area (Å²) in [7, 11) is 0. The number of nitrogens with zero attached hydrogens (tertiary/aromatic N) is 2. The summed E-state index contributed by atoms with van der Waals surface area (Å²) in [6.45, 7) is 1.75. The van der Waals surface area contributed by atoms with Gasteiger partial charge in [0.1, 0.15) is 4.47 Å². The van der Waals surface area contributed by atoms with Crippen LogP contribution >= 0.6 is 15.9 Å². The molecule has 0 aliphatic heterocycles. The molecule has 0 radical (unpaired) electrons. The standard InChI is InChI=1S/C14H20BrN3O2/c15-12-11(16-9-14(3-4-14)5-6-19)7-17-18(13(12)20)8-10-1-2-10/h7,10,16,19H,1-6,8-9H2. The summed E-state index contributed by atoms with van der Waals surface area (Å²) in [4.78, 5) is 12.2. The monoisotopic (exact) mass is 341 g/mol. The molecule has 5 nitrogen and oxygen atoms in total. The van der Waals surface area contributed by atoms with Crippen LogP contribution in [-0.4, -0.2) is 28.0 Å². The van der Waals surface area contributed by atoms with E-state index in [4.69, 9.17) is 5.11 Å². The maximum atomic E-state index is 12.2. The topological polar surface area (TPSA) is 67.2 Å². The lowest BCUT2D eigenvalue weighted by molar-refractivity contribution is 0.253. The van der Waals surface area contributed by atoms with Crippen LogP contribution in [0.5, 0.6) is 0 Å². The first kappa shape index (κ1) is 14.1. The summed E-state index contributed by atoms with van der Waals surface area (Å²) >= 11 is 3.38. The Bertz CT molecular complexity index is 550. The quantitative estimate of drug-likeness (QED) is 0.795. The highest BCUT2D eigenvalue weighted by Gasteiger charge is 2.41. The number of nitrogens with one attached hydrogen (secondary N) is 1. The lowest BCUT2D eigenvalue weighted by atomic mass is 10.0. The van der Waals surface area contributed by atoms with Crippen molar-refractivity contribution in [3.8, 4) is 0 Å². The lowest BCUT2D eigenvalue weighted by Crippen LogP contribution is -2.26. The number of rotatable bonds is 7. The normalized spacial score (nSPS) is 19.9. The van der Waals surface area contributed by atoms with Crippen LogP contribution in [-0.2, 0) is 6.54 Å². The zero-order valence-electron chi connectivity index (χ0n) is 11.4. The molecule has 1 aromatic heterocycles. The summed E-state index contributed by atoms with van der Waals surface area (Å²) in [5, 5.41) is 16.6. The highest BCUT2D eigenvalue weighted by molar-refractivity contribution is 9.10. The van der Waals surface area contributed by atoms with Gasteiger partial charge in [0.2, 0.25) is 0 Å². The average Bonchev–Trinajstić information content (AvgIpc) is 3.32. The zero-order valence-corrected chi connectivity index (χ0v) is 13.0. The first-order valence-electron chi connectivity index (χ1n) is 7.24. The number of anilines is 1. The van der Waals surface area contributed by atoms with Crippen molar-refractivity contribution in [2.24, 2.45) is 11.3 Å². The molecule has 2 saturated carbocycles. The van der Waals surface area contributed by atoms with E-state index < -0.39 is 0 Å². The van der Waals surface area contributed by atoms with E-state index in [1.54, 1.807) is 10.9 Å². The summed E-state index contributed by atoms with van der Waals surface area (Å²) in [5.41, 5.74) is 0.914. The van der Waals surface area contributed by atoms with E-state index in [0.717, 1.165) is 38.0 Å². The van der Waals surface area contributed by atoms with Gasteiger partial charge in [-0.15, -0.1) is 0 Å². The Hall–Kier alpha value is -0.880. The molecule has 2 fully saturated rings. The number of hydrogen-bond acceptors (Lipinski definition) is 4. The summed E-state index contributed by atoms with van der Waals surface area (Å²) < 4.78 is 2.11. The van der Waals surface area contributed by atoms with Gasteiger partial charge in [0.15, 0.2) is 0 Å². The molecule has 0 saturated heterocycles. The molecule has 0 bridgehead atoms. The Morgan fingerprint density at radius 1 is 1.50 bits per heavy atom. The SMILES string of the molecule is O=c1c(Br)c(NCC2(CCO)CC2)cnn1CC1CC1. The Morgan fingerprint density at radius 2 is 2.25 bits per heavy atom. The predicted octanol–water partition coefficient (Wildman–Crippen LogP) is 1.99. The van der Waals surface area contributed by atoms with E-state index in [1.165, 1.54) is 12.8 Å². The number of aliphatic hydroxyl groups excluding tert-OH is 1. The molecule has 0 aromatic carbocycles. The second kappa shape index (κ2) is 5.48. The van der Waals surface area contributed by atoms with E-state index in [9.17, 15) is 4.79 Å². The van der Waals surface area contributed by atoms with Gasteiger partial charge in [0, 0.05) is 19.7 Å². The number of aliphatic hydroxyl groups is 1. The Morgan fingerprint density at radius 3 is 2.85 bits per heavy atom. The fraction of sp³-hybridized carbons (Fsp3) is 0.714. The number of aromatic nitrogens is 2. The molecule has 0 atom stereocenters. The molecule has 2 N–H and O–H groups in total. The van der Waals surface area contributed by atoms with E-state index in [-0.39, 0.29) is 17.6 Å². The van der Waals surface area contributed by atoms with Crippen LogP contribution in [0.3, 0.4) is 0 Å². The third-order valence-electron chi connectivity index (χ3n) is 4.37. The van der Waals surface area contributed by atoms with E-state index in [2.05, 4.69) is 26.3 Å². The van der Waals surface area contributed by atoms with Crippen molar-refractivity contribution in [3.63, 3.8) is 0 Å². The Balaban J connectivity index is 1.67. The second-order valence-electron chi connectivity index (χ2n) is 6.13. The van der Waals surface area contributed by atoms with Crippen LogP contribution in [0.2, 0.25) is 0 Å². The van der Waals surface area contributed by atoms with E-state index in [0.29, 0.717) is 10.4 Å². The molecule has 0 spiro atoms. The maximum absolute atomic E-state index is 12.2. The zero-order chi connectivity index (χ0) is 14.2. The first-order valence-corrected chi connectivity index (χ1v) is 8.03. The second-order valence-corrected chi connectivity index (χ2v) is 6.92. The molecule has 0 unspecified atom stereocenters. The molecule has 3 rings (SSSR count). The van der Waals surface area contributed by atoms with Crippen LogP contribution in [0.1, 0.15) is 32.1 Å². The minimum Gasteiger partial charge on any atom is -0.396 e. The highest BCUT2D eigenvalue weighted by Crippen LogP contribution is 2.48. The molecule has 20 heavy (non-hydrogen) atoms. The fourth-order valence-corrected chi connectivity index (χ4v) is 2.92.